The standard InChI is InChI=1S/C11H15BrN2S/c1-13-15-11-7-9(12)6-10(8-11)14-4-2-3-5-14/h6-8,13H,2-5H2,1H3. The molecule has 82 valence electrons. The zero-order chi connectivity index (χ0) is 10.7. The van der Waals surface area contributed by atoms with Crippen LogP contribution in [0.25, 0.3) is 0 Å². The first-order valence-corrected chi connectivity index (χ1v) is 6.79. The number of rotatable bonds is 3. The fourth-order valence-electron chi connectivity index (χ4n) is 1.88. The van der Waals surface area contributed by atoms with Gasteiger partial charge in [0.1, 0.15) is 0 Å². The Labute approximate surface area is 104 Å². The Hall–Kier alpha value is -0.190. The van der Waals surface area contributed by atoms with E-state index in [0.717, 1.165) is 4.47 Å². The normalized spacial score (nSPS) is 16.0. The minimum atomic E-state index is 1.16. The summed E-state index contributed by atoms with van der Waals surface area (Å²) < 4.78 is 4.26. The molecule has 2 rings (SSSR count). The number of hydrogen-bond acceptors (Lipinski definition) is 3. The highest BCUT2D eigenvalue weighted by Crippen LogP contribution is 2.29. The highest BCUT2D eigenvalue weighted by Gasteiger charge is 2.13. The van der Waals surface area contributed by atoms with Gasteiger partial charge in [-0.3, -0.25) is 4.72 Å². The van der Waals surface area contributed by atoms with Crippen molar-refractivity contribution in [3.8, 4) is 0 Å². The lowest BCUT2D eigenvalue weighted by atomic mass is 10.3. The average molecular weight is 287 g/mol. The molecule has 4 heteroatoms. The Morgan fingerprint density at radius 1 is 1.27 bits per heavy atom. The molecule has 0 aliphatic carbocycles. The SMILES string of the molecule is CNSc1cc(Br)cc(N2CCCC2)c1. The van der Waals surface area contributed by atoms with Crippen molar-refractivity contribution in [3.05, 3.63) is 22.7 Å². The number of halogens is 1. The molecule has 0 atom stereocenters. The Balaban J connectivity index is 2.22. The Morgan fingerprint density at radius 2 is 2.00 bits per heavy atom. The molecular weight excluding hydrogens is 272 g/mol. The van der Waals surface area contributed by atoms with E-state index >= 15 is 0 Å². The summed E-state index contributed by atoms with van der Waals surface area (Å²) in [7, 11) is 1.95. The van der Waals surface area contributed by atoms with Crippen molar-refractivity contribution in [2.75, 3.05) is 25.0 Å². The Bertz CT molecular complexity index is 337. The Kier molecular flexibility index (Phi) is 3.94. The number of nitrogens with zero attached hydrogens (tertiary/aromatic N) is 1. The second kappa shape index (κ2) is 5.23. The van der Waals surface area contributed by atoms with E-state index in [1.54, 1.807) is 11.9 Å². The molecule has 0 bridgehead atoms. The van der Waals surface area contributed by atoms with Gasteiger partial charge >= 0.3 is 0 Å². The first-order chi connectivity index (χ1) is 7.29. The maximum atomic E-state index is 3.56. The molecule has 1 N–H and O–H groups in total. The Morgan fingerprint density at radius 3 is 2.67 bits per heavy atom. The van der Waals surface area contributed by atoms with Crippen LogP contribution < -0.4 is 9.62 Å². The van der Waals surface area contributed by atoms with Gasteiger partial charge in [-0.25, -0.2) is 0 Å². The molecule has 1 aromatic carbocycles. The van der Waals surface area contributed by atoms with Crippen molar-refractivity contribution in [3.63, 3.8) is 0 Å². The van der Waals surface area contributed by atoms with Gasteiger partial charge in [0.25, 0.3) is 0 Å². The lowest BCUT2D eigenvalue weighted by Gasteiger charge is -2.18. The monoisotopic (exact) mass is 286 g/mol. The van der Waals surface area contributed by atoms with Crippen molar-refractivity contribution in [1.82, 2.24) is 4.72 Å². The fraction of sp³-hybridized carbons (Fsp3) is 0.455. The average Bonchev–Trinajstić information content (AvgIpc) is 2.70. The third kappa shape index (κ3) is 2.89. The summed E-state index contributed by atoms with van der Waals surface area (Å²) in [6, 6.07) is 6.59. The van der Waals surface area contributed by atoms with Crippen LogP contribution in [-0.2, 0) is 0 Å². The molecule has 0 aromatic heterocycles. The van der Waals surface area contributed by atoms with E-state index in [9.17, 15) is 0 Å². The predicted molar refractivity (Wildman–Crippen MR) is 70.5 cm³/mol. The summed E-state index contributed by atoms with van der Waals surface area (Å²) in [5.74, 6) is 0. The molecule has 0 radical (unpaired) electrons. The van der Waals surface area contributed by atoms with Gasteiger partial charge in [-0.15, -0.1) is 0 Å². The summed E-state index contributed by atoms with van der Waals surface area (Å²) in [6.07, 6.45) is 2.64. The van der Waals surface area contributed by atoms with Gasteiger partial charge in [0.15, 0.2) is 0 Å². The molecule has 15 heavy (non-hydrogen) atoms. The highest BCUT2D eigenvalue weighted by molar-refractivity contribution is 9.10. The zero-order valence-corrected chi connectivity index (χ0v) is 11.2. The molecular formula is C11H15BrN2S. The number of nitrogens with one attached hydrogen (secondary N) is 1. The van der Waals surface area contributed by atoms with E-state index in [2.05, 4.69) is 43.8 Å². The molecule has 0 spiro atoms. The minimum Gasteiger partial charge on any atom is -0.371 e. The van der Waals surface area contributed by atoms with Gasteiger partial charge in [-0.05, 0) is 50.0 Å². The third-order valence-corrected chi connectivity index (χ3v) is 3.68. The number of benzene rings is 1. The van der Waals surface area contributed by atoms with E-state index in [1.807, 2.05) is 7.05 Å². The van der Waals surface area contributed by atoms with Crippen LogP contribution in [-0.4, -0.2) is 20.1 Å². The van der Waals surface area contributed by atoms with Crippen LogP contribution in [0.3, 0.4) is 0 Å². The van der Waals surface area contributed by atoms with E-state index in [0.29, 0.717) is 0 Å². The molecule has 2 nitrogen and oxygen atoms in total. The van der Waals surface area contributed by atoms with Crippen LogP contribution in [0.1, 0.15) is 12.8 Å². The summed E-state index contributed by atoms with van der Waals surface area (Å²) in [4.78, 5) is 3.71. The van der Waals surface area contributed by atoms with Crippen molar-refractivity contribution in [2.45, 2.75) is 17.7 Å². The molecule has 0 saturated carbocycles. The first-order valence-electron chi connectivity index (χ1n) is 5.19. The third-order valence-electron chi connectivity index (χ3n) is 2.55. The van der Waals surface area contributed by atoms with E-state index < -0.39 is 0 Å². The molecule has 1 heterocycles. The highest BCUT2D eigenvalue weighted by atomic mass is 79.9. The lowest BCUT2D eigenvalue weighted by molar-refractivity contribution is 0.949. The molecule has 0 unspecified atom stereocenters. The van der Waals surface area contributed by atoms with Gasteiger partial charge in [0.05, 0.1) is 0 Å². The summed E-state index contributed by atoms with van der Waals surface area (Å²) >= 11 is 5.22. The van der Waals surface area contributed by atoms with E-state index in [1.165, 1.54) is 36.5 Å². The van der Waals surface area contributed by atoms with Crippen LogP contribution in [0.2, 0.25) is 0 Å². The summed E-state index contributed by atoms with van der Waals surface area (Å²) in [5.41, 5.74) is 1.33. The molecule has 0 amide bonds. The maximum absolute atomic E-state index is 3.56. The van der Waals surface area contributed by atoms with Gasteiger partial charge in [0, 0.05) is 28.1 Å². The topological polar surface area (TPSA) is 15.3 Å². The van der Waals surface area contributed by atoms with Gasteiger partial charge < -0.3 is 4.90 Å². The van der Waals surface area contributed by atoms with Crippen LogP contribution in [0.4, 0.5) is 5.69 Å². The first kappa shape index (κ1) is 11.3. The van der Waals surface area contributed by atoms with Gasteiger partial charge in [-0.1, -0.05) is 15.9 Å². The van der Waals surface area contributed by atoms with Crippen molar-refractivity contribution in [1.29, 1.82) is 0 Å². The predicted octanol–water partition coefficient (Wildman–Crippen LogP) is 3.28. The largest absolute Gasteiger partial charge is 0.371 e. The summed E-state index contributed by atoms with van der Waals surface area (Å²) in [5, 5.41) is 0. The van der Waals surface area contributed by atoms with Crippen LogP contribution >= 0.6 is 27.9 Å². The van der Waals surface area contributed by atoms with E-state index in [4.69, 9.17) is 0 Å². The molecule has 1 aliphatic rings. The maximum Gasteiger partial charge on any atom is 0.0389 e. The van der Waals surface area contributed by atoms with Crippen LogP contribution in [0.15, 0.2) is 27.6 Å². The zero-order valence-electron chi connectivity index (χ0n) is 8.79. The fourth-order valence-corrected chi connectivity index (χ4v) is 3.12. The quantitative estimate of drug-likeness (QED) is 0.859. The number of anilines is 1. The molecule has 1 fully saturated rings. The van der Waals surface area contributed by atoms with Gasteiger partial charge in [0.2, 0.25) is 0 Å². The number of hydrogen-bond donors (Lipinski definition) is 1. The second-order valence-corrected chi connectivity index (χ2v) is 5.64. The van der Waals surface area contributed by atoms with Crippen molar-refractivity contribution < 1.29 is 0 Å². The minimum absolute atomic E-state index is 1.16. The smallest absolute Gasteiger partial charge is 0.0389 e. The molecule has 1 aromatic rings. The van der Waals surface area contributed by atoms with Crippen LogP contribution in [0.5, 0.6) is 0 Å². The van der Waals surface area contributed by atoms with Gasteiger partial charge in [-0.2, -0.15) is 0 Å². The molecule has 1 saturated heterocycles. The van der Waals surface area contributed by atoms with E-state index in [-0.39, 0.29) is 0 Å². The van der Waals surface area contributed by atoms with Crippen molar-refractivity contribution >= 4 is 33.6 Å². The lowest BCUT2D eigenvalue weighted by Crippen LogP contribution is -2.17. The second-order valence-electron chi connectivity index (χ2n) is 3.65. The summed E-state index contributed by atoms with van der Waals surface area (Å²) in [6.45, 7) is 2.39. The van der Waals surface area contributed by atoms with Crippen molar-refractivity contribution in [2.24, 2.45) is 0 Å². The van der Waals surface area contributed by atoms with Crippen LogP contribution in [0, 0.1) is 0 Å². The molecule has 1 aliphatic heterocycles.